The number of hydrogen-bond donors (Lipinski definition) is 2. The number of amides is 2. The Labute approximate surface area is 169 Å². The van der Waals surface area contributed by atoms with E-state index in [1.165, 1.54) is 13.1 Å². The van der Waals surface area contributed by atoms with Gasteiger partial charge in [-0.2, -0.15) is 4.31 Å². The Balaban J connectivity index is 1.81. The highest BCUT2D eigenvalue weighted by molar-refractivity contribution is 7.89. The Kier molecular flexibility index (Phi) is 5.63. The van der Waals surface area contributed by atoms with Crippen LogP contribution in [-0.2, 0) is 19.6 Å². The van der Waals surface area contributed by atoms with Gasteiger partial charge < -0.3 is 15.4 Å². The van der Waals surface area contributed by atoms with Crippen LogP contribution in [0.4, 0.5) is 11.4 Å². The molecule has 1 unspecified atom stereocenters. The molecule has 3 rings (SSSR count). The van der Waals surface area contributed by atoms with Crippen LogP contribution < -0.4 is 15.4 Å². The number of carbonyl (C=O) groups is 2. The van der Waals surface area contributed by atoms with Crippen molar-refractivity contribution in [2.75, 3.05) is 24.2 Å². The van der Waals surface area contributed by atoms with E-state index >= 15 is 0 Å². The summed E-state index contributed by atoms with van der Waals surface area (Å²) in [5.74, 6) is -0.463. The number of sulfonamides is 1. The Morgan fingerprint density at radius 1 is 1.21 bits per heavy atom. The molecule has 2 aromatic carbocycles. The number of carbonyl (C=O) groups excluding carboxylic acids is 2. The molecule has 154 valence electrons. The van der Waals surface area contributed by atoms with Gasteiger partial charge in [0.05, 0.1) is 17.1 Å². The van der Waals surface area contributed by atoms with Crippen molar-refractivity contribution in [3.05, 3.63) is 47.5 Å². The second-order valence-electron chi connectivity index (χ2n) is 6.99. The molecule has 1 heterocycles. The highest BCUT2D eigenvalue weighted by atomic mass is 32.2. The molecule has 8 nitrogen and oxygen atoms in total. The average molecular weight is 417 g/mol. The Morgan fingerprint density at radius 3 is 2.59 bits per heavy atom. The van der Waals surface area contributed by atoms with Crippen molar-refractivity contribution in [3.63, 3.8) is 0 Å². The zero-order valence-corrected chi connectivity index (χ0v) is 17.5. The molecule has 1 atom stereocenters. The topological polar surface area (TPSA) is 105 Å². The van der Waals surface area contributed by atoms with Gasteiger partial charge in [0.25, 0.3) is 5.91 Å². The molecular weight excluding hydrogens is 394 g/mol. The highest BCUT2D eigenvalue weighted by Gasteiger charge is 2.30. The fourth-order valence-electron chi connectivity index (χ4n) is 2.98. The lowest BCUT2D eigenvalue weighted by atomic mass is 10.1. The molecule has 0 bridgehead atoms. The summed E-state index contributed by atoms with van der Waals surface area (Å²) in [4.78, 5) is 24.1. The van der Waals surface area contributed by atoms with Gasteiger partial charge in [-0.15, -0.1) is 0 Å². The first-order valence-electron chi connectivity index (χ1n) is 9.03. The van der Waals surface area contributed by atoms with Gasteiger partial charge in [0.1, 0.15) is 5.75 Å². The fraction of sp³-hybridized carbons (Fsp3) is 0.300. The summed E-state index contributed by atoms with van der Waals surface area (Å²) < 4.78 is 32.6. The summed E-state index contributed by atoms with van der Waals surface area (Å²) in [6, 6.07) is 10.2. The van der Waals surface area contributed by atoms with Crippen molar-refractivity contribution >= 4 is 33.2 Å². The normalized spacial score (nSPS) is 16.0. The molecule has 0 saturated carbocycles. The number of anilines is 2. The van der Waals surface area contributed by atoms with Crippen LogP contribution in [0.25, 0.3) is 0 Å². The first kappa shape index (κ1) is 20.8. The summed E-state index contributed by atoms with van der Waals surface area (Å²) in [6.07, 6.45) is -0.724. The minimum Gasteiger partial charge on any atom is -0.479 e. The number of nitrogens with one attached hydrogen (secondary N) is 2. The van der Waals surface area contributed by atoms with Gasteiger partial charge in [-0.05, 0) is 44.0 Å². The van der Waals surface area contributed by atoms with Gasteiger partial charge in [0.2, 0.25) is 15.9 Å². The maximum Gasteiger partial charge on any atom is 0.265 e. The van der Waals surface area contributed by atoms with E-state index in [-0.39, 0.29) is 23.1 Å². The van der Waals surface area contributed by atoms with E-state index in [1.807, 2.05) is 19.1 Å². The standard InChI is InChI=1S/C20H23N3O5S/c1-12-7-5-6-8-15(12)21-19(24)11-23(4)29(26,27)18-10-17-16(9-13(18)2)22-20(25)14(3)28-17/h5-10,14H,11H2,1-4H3,(H,21,24)(H,22,25). The number of ether oxygens (including phenoxy) is 1. The van der Waals surface area contributed by atoms with Gasteiger partial charge in [-0.25, -0.2) is 8.42 Å². The van der Waals surface area contributed by atoms with Crippen molar-refractivity contribution in [3.8, 4) is 5.75 Å². The molecule has 0 fully saturated rings. The van der Waals surface area contributed by atoms with Crippen LogP contribution >= 0.6 is 0 Å². The number of para-hydroxylation sites is 1. The summed E-state index contributed by atoms with van der Waals surface area (Å²) in [6.45, 7) is 4.71. The number of nitrogens with zero attached hydrogens (tertiary/aromatic N) is 1. The number of benzene rings is 2. The maximum absolute atomic E-state index is 13.0. The molecule has 1 aliphatic rings. The van der Waals surface area contributed by atoms with Crippen LogP contribution in [0.5, 0.6) is 5.75 Å². The minimum absolute atomic E-state index is 0.0193. The van der Waals surface area contributed by atoms with Crippen molar-refractivity contribution in [2.45, 2.75) is 31.8 Å². The van der Waals surface area contributed by atoms with Crippen LogP contribution in [0.15, 0.2) is 41.3 Å². The van der Waals surface area contributed by atoms with Crippen molar-refractivity contribution < 1.29 is 22.7 Å². The number of hydrogen-bond acceptors (Lipinski definition) is 5. The van der Waals surface area contributed by atoms with E-state index in [4.69, 9.17) is 4.74 Å². The lowest BCUT2D eigenvalue weighted by Crippen LogP contribution is -2.36. The molecule has 9 heteroatoms. The molecule has 2 amide bonds. The summed E-state index contributed by atoms with van der Waals surface area (Å²) in [5.41, 5.74) is 2.37. The Bertz CT molecular complexity index is 1080. The molecule has 1 aliphatic heterocycles. The third-order valence-corrected chi connectivity index (χ3v) is 6.63. The molecule has 0 aromatic heterocycles. The second-order valence-corrected chi connectivity index (χ2v) is 9.00. The van der Waals surface area contributed by atoms with Gasteiger partial charge in [0.15, 0.2) is 6.10 Å². The smallest absolute Gasteiger partial charge is 0.265 e. The van der Waals surface area contributed by atoms with Crippen molar-refractivity contribution in [1.29, 1.82) is 0 Å². The van der Waals surface area contributed by atoms with Gasteiger partial charge in [0, 0.05) is 18.8 Å². The van der Waals surface area contributed by atoms with Gasteiger partial charge >= 0.3 is 0 Å². The molecular formula is C20H23N3O5S. The largest absolute Gasteiger partial charge is 0.479 e. The van der Waals surface area contributed by atoms with Crippen molar-refractivity contribution in [1.82, 2.24) is 4.31 Å². The predicted octanol–water partition coefficient (Wildman–Crippen LogP) is 2.28. The lowest BCUT2D eigenvalue weighted by molar-refractivity contribution is -0.122. The monoisotopic (exact) mass is 417 g/mol. The number of fused-ring (bicyclic) bond motifs is 1. The summed E-state index contributed by atoms with van der Waals surface area (Å²) >= 11 is 0. The number of likely N-dealkylation sites (N-methyl/N-ethyl adjacent to an activating group) is 1. The molecule has 2 aromatic rings. The summed E-state index contributed by atoms with van der Waals surface area (Å²) in [5, 5.41) is 5.41. The lowest BCUT2D eigenvalue weighted by Gasteiger charge is -2.25. The Morgan fingerprint density at radius 2 is 1.90 bits per heavy atom. The average Bonchev–Trinajstić information content (AvgIpc) is 2.64. The first-order chi connectivity index (χ1) is 13.6. The van der Waals surface area contributed by atoms with E-state index in [2.05, 4.69) is 10.6 Å². The first-order valence-corrected chi connectivity index (χ1v) is 10.5. The predicted molar refractivity (Wildman–Crippen MR) is 110 cm³/mol. The van der Waals surface area contributed by atoms with Crippen LogP contribution in [-0.4, -0.2) is 44.2 Å². The van der Waals surface area contributed by atoms with Crippen LogP contribution in [0, 0.1) is 13.8 Å². The molecule has 0 aliphatic carbocycles. The van der Waals surface area contributed by atoms with Gasteiger partial charge in [-0.3, -0.25) is 9.59 Å². The fourth-order valence-corrected chi connectivity index (χ4v) is 4.32. The van der Waals surface area contributed by atoms with Crippen molar-refractivity contribution in [2.24, 2.45) is 0 Å². The third kappa shape index (κ3) is 4.25. The number of aryl methyl sites for hydroxylation is 2. The van der Waals surface area contributed by atoms with Crippen LogP contribution in [0.2, 0.25) is 0 Å². The third-order valence-electron chi connectivity index (χ3n) is 4.68. The van der Waals surface area contributed by atoms with E-state index in [9.17, 15) is 18.0 Å². The summed E-state index contributed by atoms with van der Waals surface area (Å²) in [7, 11) is -2.61. The molecule has 29 heavy (non-hydrogen) atoms. The number of rotatable bonds is 5. The molecule has 0 radical (unpaired) electrons. The quantitative estimate of drug-likeness (QED) is 0.777. The van der Waals surface area contributed by atoms with E-state index in [0.29, 0.717) is 16.9 Å². The van der Waals surface area contributed by atoms with E-state index < -0.39 is 22.0 Å². The molecule has 0 spiro atoms. The minimum atomic E-state index is -3.95. The Hall–Kier alpha value is -2.91. The van der Waals surface area contributed by atoms with Crippen LogP contribution in [0.3, 0.4) is 0 Å². The highest BCUT2D eigenvalue weighted by Crippen LogP contribution is 2.35. The van der Waals surface area contributed by atoms with E-state index in [1.54, 1.807) is 32.0 Å². The maximum atomic E-state index is 13.0. The van der Waals surface area contributed by atoms with E-state index in [0.717, 1.165) is 9.87 Å². The van der Waals surface area contributed by atoms with Gasteiger partial charge in [-0.1, -0.05) is 18.2 Å². The molecule has 2 N–H and O–H groups in total. The zero-order chi connectivity index (χ0) is 21.3. The SMILES string of the molecule is Cc1ccccc1NC(=O)CN(C)S(=O)(=O)c1cc2c(cc1C)NC(=O)C(C)O2. The molecule has 0 saturated heterocycles. The second kappa shape index (κ2) is 7.84. The van der Waals surface area contributed by atoms with Crippen LogP contribution in [0.1, 0.15) is 18.1 Å². The zero-order valence-electron chi connectivity index (χ0n) is 16.6.